The number of fused-ring (bicyclic) bond motifs is 1. The lowest BCUT2D eigenvalue weighted by Gasteiger charge is -2.10. The second-order valence-electron chi connectivity index (χ2n) is 4.66. The highest BCUT2D eigenvalue weighted by Gasteiger charge is 2.20. The fraction of sp³-hybridized carbons (Fsp3) is 0.118. The standard InChI is InChI=1S/C17H14N2O3/c1-21-12-8-9-14-13(10-12)15(17(20)22-2)16(19-18-14)11-6-4-3-5-7-11/h3-10H,1-2H3. The molecule has 0 radical (unpaired) electrons. The van der Waals surface area contributed by atoms with Crippen LogP contribution in [0.25, 0.3) is 22.2 Å². The van der Waals surface area contributed by atoms with Crippen molar-refractivity contribution in [2.24, 2.45) is 0 Å². The van der Waals surface area contributed by atoms with E-state index in [-0.39, 0.29) is 0 Å². The van der Waals surface area contributed by atoms with Crippen molar-refractivity contribution in [3.8, 4) is 17.0 Å². The van der Waals surface area contributed by atoms with Gasteiger partial charge in [0.25, 0.3) is 0 Å². The SMILES string of the molecule is COC(=O)c1c(-c2ccccc2)nnc2ccc(OC)cc12. The number of benzene rings is 2. The Morgan fingerprint density at radius 1 is 1.00 bits per heavy atom. The van der Waals surface area contributed by atoms with Gasteiger partial charge in [-0.2, -0.15) is 0 Å². The monoisotopic (exact) mass is 294 g/mol. The summed E-state index contributed by atoms with van der Waals surface area (Å²) in [6.45, 7) is 0. The molecule has 5 nitrogen and oxygen atoms in total. The highest BCUT2D eigenvalue weighted by molar-refractivity contribution is 6.08. The van der Waals surface area contributed by atoms with Crippen molar-refractivity contribution in [1.82, 2.24) is 10.2 Å². The van der Waals surface area contributed by atoms with E-state index in [1.54, 1.807) is 25.3 Å². The van der Waals surface area contributed by atoms with Crippen LogP contribution in [0.4, 0.5) is 0 Å². The lowest BCUT2D eigenvalue weighted by atomic mass is 10.0. The van der Waals surface area contributed by atoms with E-state index < -0.39 is 5.97 Å². The molecule has 110 valence electrons. The third-order valence-electron chi connectivity index (χ3n) is 3.40. The summed E-state index contributed by atoms with van der Waals surface area (Å²) in [5, 5.41) is 9.06. The highest BCUT2D eigenvalue weighted by Crippen LogP contribution is 2.29. The van der Waals surface area contributed by atoms with Gasteiger partial charge < -0.3 is 9.47 Å². The molecule has 5 heteroatoms. The van der Waals surface area contributed by atoms with Gasteiger partial charge in [-0.1, -0.05) is 30.3 Å². The van der Waals surface area contributed by atoms with Crippen molar-refractivity contribution < 1.29 is 14.3 Å². The minimum absolute atomic E-state index is 0.387. The van der Waals surface area contributed by atoms with Crippen LogP contribution >= 0.6 is 0 Å². The van der Waals surface area contributed by atoms with Crippen LogP contribution in [0.2, 0.25) is 0 Å². The molecule has 0 aliphatic carbocycles. The van der Waals surface area contributed by atoms with E-state index in [1.807, 2.05) is 30.3 Å². The first kappa shape index (κ1) is 14.0. The van der Waals surface area contributed by atoms with Crippen molar-refractivity contribution in [2.75, 3.05) is 14.2 Å². The fourth-order valence-corrected chi connectivity index (χ4v) is 2.32. The van der Waals surface area contributed by atoms with Gasteiger partial charge in [0.2, 0.25) is 0 Å². The molecule has 1 aromatic heterocycles. The molecule has 3 aromatic rings. The number of rotatable bonds is 3. The van der Waals surface area contributed by atoms with Crippen LogP contribution in [0, 0.1) is 0 Å². The Labute approximate surface area is 127 Å². The third kappa shape index (κ3) is 2.37. The number of carbonyl (C=O) groups excluding carboxylic acids is 1. The van der Waals surface area contributed by atoms with Gasteiger partial charge in [0, 0.05) is 10.9 Å². The third-order valence-corrected chi connectivity index (χ3v) is 3.40. The van der Waals surface area contributed by atoms with Gasteiger partial charge in [-0.05, 0) is 18.2 Å². The van der Waals surface area contributed by atoms with E-state index >= 15 is 0 Å². The zero-order chi connectivity index (χ0) is 15.5. The average molecular weight is 294 g/mol. The normalized spacial score (nSPS) is 10.5. The second-order valence-corrected chi connectivity index (χ2v) is 4.66. The first-order valence-electron chi connectivity index (χ1n) is 6.72. The molecule has 2 aromatic carbocycles. The van der Waals surface area contributed by atoms with Crippen LogP contribution in [0.5, 0.6) is 5.75 Å². The summed E-state index contributed by atoms with van der Waals surface area (Å²) in [5.74, 6) is 0.191. The smallest absolute Gasteiger partial charge is 0.340 e. The predicted molar refractivity (Wildman–Crippen MR) is 82.9 cm³/mol. The summed E-state index contributed by atoms with van der Waals surface area (Å²) in [6, 6.07) is 14.7. The quantitative estimate of drug-likeness (QED) is 0.695. The molecule has 0 bridgehead atoms. The minimum Gasteiger partial charge on any atom is -0.497 e. The summed E-state index contributed by atoms with van der Waals surface area (Å²) in [4.78, 5) is 12.3. The van der Waals surface area contributed by atoms with Crippen molar-refractivity contribution >= 4 is 16.9 Å². The van der Waals surface area contributed by atoms with Crippen molar-refractivity contribution in [3.05, 3.63) is 54.1 Å². The van der Waals surface area contributed by atoms with Gasteiger partial charge in [-0.25, -0.2) is 4.79 Å². The van der Waals surface area contributed by atoms with Crippen LogP contribution < -0.4 is 4.74 Å². The zero-order valence-corrected chi connectivity index (χ0v) is 12.2. The summed E-state index contributed by atoms with van der Waals surface area (Å²) < 4.78 is 10.2. The number of nitrogens with zero attached hydrogens (tertiary/aromatic N) is 2. The van der Waals surface area contributed by atoms with Crippen LogP contribution in [0.1, 0.15) is 10.4 Å². The maximum absolute atomic E-state index is 12.3. The largest absolute Gasteiger partial charge is 0.497 e. The molecular weight excluding hydrogens is 280 g/mol. The van der Waals surface area contributed by atoms with Crippen LogP contribution in [0.3, 0.4) is 0 Å². The first-order valence-corrected chi connectivity index (χ1v) is 6.72. The summed E-state index contributed by atoms with van der Waals surface area (Å²) in [6.07, 6.45) is 0. The molecular formula is C17H14N2O3. The van der Waals surface area contributed by atoms with Gasteiger partial charge in [0.1, 0.15) is 11.4 Å². The van der Waals surface area contributed by atoms with E-state index in [0.29, 0.717) is 27.9 Å². The Balaban J connectivity index is 2.35. The zero-order valence-electron chi connectivity index (χ0n) is 12.2. The molecule has 0 saturated carbocycles. The maximum atomic E-state index is 12.3. The number of methoxy groups -OCH3 is 2. The van der Waals surface area contributed by atoms with Crippen LogP contribution in [-0.2, 0) is 4.74 Å². The molecule has 22 heavy (non-hydrogen) atoms. The average Bonchev–Trinajstić information content (AvgIpc) is 2.60. The number of aromatic nitrogens is 2. The summed E-state index contributed by atoms with van der Waals surface area (Å²) >= 11 is 0. The Morgan fingerprint density at radius 3 is 2.45 bits per heavy atom. The molecule has 0 spiro atoms. The van der Waals surface area contributed by atoms with E-state index in [2.05, 4.69) is 10.2 Å². The molecule has 1 heterocycles. The van der Waals surface area contributed by atoms with Crippen LogP contribution in [-0.4, -0.2) is 30.4 Å². The molecule has 0 amide bonds. The molecule has 0 aliphatic heterocycles. The number of hydrogen-bond acceptors (Lipinski definition) is 5. The highest BCUT2D eigenvalue weighted by atomic mass is 16.5. The van der Waals surface area contributed by atoms with Crippen LogP contribution in [0.15, 0.2) is 48.5 Å². The summed E-state index contributed by atoms with van der Waals surface area (Å²) in [5.41, 5.74) is 2.30. The summed E-state index contributed by atoms with van der Waals surface area (Å²) in [7, 11) is 2.93. The molecule has 0 N–H and O–H groups in total. The van der Waals surface area contributed by atoms with Gasteiger partial charge >= 0.3 is 5.97 Å². The molecule has 0 aliphatic rings. The van der Waals surface area contributed by atoms with Crippen molar-refractivity contribution in [3.63, 3.8) is 0 Å². The number of hydrogen-bond donors (Lipinski definition) is 0. The predicted octanol–water partition coefficient (Wildman–Crippen LogP) is 3.09. The Kier molecular flexibility index (Phi) is 3.70. The molecule has 0 atom stereocenters. The lowest BCUT2D eigenvalue weighted by molar-refractivity contribution is 0.0603. The minimum atomic E-state index is -0.452. The Hall–Kier alpha value is -2.95. The molecule has 0 fully saturated rings. The van der Waals surface area contributed by atoms with E-state index in [4.69, 9.17) is 9.47 Å². The molecule has 0 unspecified atom stereocenters. The number of ether oxygens (including phenoxy) is 2. The van der Waals surface area contributed by atoms with Crippen molar-refractivity contribution in [1.29, 1.82) is 0 Å². The fourth-order valence-electron chi connectivity index (χ4n) is 2.32. The Bertz CT molecular complexity index is 832. The van der Waals surface area contributed by atoms with E-state index in [0.717, 1.165) is 5.56 Å². The van der Waals surface area contributed by atoms with E-state index in [9.17, 15) is 4.79 Å². The Morgan fingerprint density at radius 2 is 1.77 bits per heavy atom. The first-order chi connectivity index (χ1) is 10.7. The number of esters is 1. The van der Waals surface area contributed by atoms with Gasteiger partial charge in [-0.15, -0.1) is 10.2 Å². The van der Waals surface area contributed by atoms with Gasteiger partial charge in [-0.3, -0.25) is 0 Å². The second kappa shape index (κ2) is 5.81. The number of carbonyl (C=O) groups is 1. The van der Waals surface area contributed by atoms with Crippen molar-refractivity contribution in [2.45, 2.75) is 0 Å². The van der Waals surface area contributed by atoms with Gasteiger partial charge in [0.15, 0.2) is 0 Å². The van der Waals surface area contributed by atoms with Gasteiger partial charge in [0.05, 0.1) is 25.3 Å². The topological polar surface area (TPSA) is 61.3 Å². The van der Waals surface area contributed by atoms with E-state index in [1.165, 1.54) is 7.11 Å². The lowest BCUT2D eigenvalue weighted by Crippen LogP contribution is -2.08. The molecule has 0 saturated heterocycles. The maximum Gasteiger partial charge on any atom is 0.340 e. The molecule has 3 rings (SSSR count).